The van der Waals surface area contributed by atoms with Gasteiger partial charge in [-0.05, 0) is 37.6 Å². The lowest BCUT2D eigenvalue weighted by atomic mass is 10.2. The molecule has 0 spiro atoms. The normalized spacial score (nSPS) is 14.5. The Labute approximate surface area is 104 Å². The Kier molecular flexibility index (Phi) is 4.39. The highest BCUT2D eigenvalue weighted by Gasteiger charge is 2.30. The lowest BCUT2D eigenvalue weighted by molar-refractivity contribution is -0.137. The molecule has 18 heavy (non-hydrogen) atoms. The zero-order chi connectivity index (χ0) is 14.0. The standard InChI is InChI=1S/C11H14F3NO2S/c1-8(15)6-7-18(16,17)10-4-2-9(3-5-10)11(12,13)14/h2-5,8H,6-7,15H2,1H3. The number of halogens is 3. The Morgan fingerprint density at radius 1 is 1.22 bits per heavy atom. The summed E-state index contributed by atoms with van der Waals surface area (Å²) in [5.74, 6) is -0.171. The van der Waals surface area contributed by atoms with Gasteiger partial charge in [0.05, 0.1) is 16.2 Å². The number of hydrogen-bond acceptors (Lipinski definition) is 3. The second kappa shape index (κ2) is 5.27. The molecule has 0 aromatic heterocycles. The molecule has 1 unspecified atom stereocenters. The summed E-state index contributed by atoms with van der Waals surface area (Å²) in [5, 5.41) is 0. The summed E-state index contributed by atoms with van der Waals surface area (Å²) in [4.78, 5) is -0.115. The summed E-state index contributed by atoms with van der Waals surface area (Å²) in [6.45, 7) is 1.67. The second-order valence-electron chi connectivity index (χ2n) is 4.11. The van der Waals surface area contributed by atoms with Crippen molar-refractivity contribution >= 4 is 9.84 Å². The van der Waals surface area contributed by atoms with Gasteiger partial charge in [0.25, 0.3) is 0 Å². The van der Waals surface area contributed by atoms with E-state index >= 15 is 0 Å². The van der Waals surface area contributed by atoms with Gasteiger partial charge in [-0.2, -0.15) is 13.2 Å². The Morgan fingerprint density at radius 3 is 2.11 bits per heavy atom. The molecule has 0 saturated heterocycles. The van der Waals surface area contributed by atoms with Gasteiger partial charge >= 0.3 is 6.18 Å². The molecule has 0 radical (unpaired) electrons. The Morgan fingerprint density at radius 2 is 1.72 bits per heavy atom. The molecule has 0 saturated carbocycles. The van der Waals surface area contributed by atoms with E-state index in [0.29, 0.717) is 0 Å². The van der Waals surface area contributed by atoms with Gasteiger partial charge in [0.2, 0.25) is 0 Å². The predicted molar refractivity (Wildman–Crippen MR) is 61.8 cm³/mol. The van der Waals surface area contributed by atoms with Crippen molar-refractivity contribution in [2.75, 3.05) is 5.75 Å². The van der Waals surface area contributed by atoms with E-state index in [1.165, 1.54) is 0 Å². The summed E-state index contributed by atoms with van der Waals surface area (Å²) in [6.07, 6.45) is -4.20. The third-order valence-corrected chi connectivity index (χ3v) is 4.15. The zero-order valence-corrected chi connectivity index (χ0v) is 10.6. The third-order valence-electron chi connectivity index (χ3n) is 2.38. The van der Waals surface area contributed by atoms with E-state index in [1.54, 1.807) is 6.92 Å². The first kappa shape index (κ1) is 15.0. The predicted octanol–water partition coefficient (Wildman–Crippen LogP) is 2.22. The summed E-state index contributed by atoms with van der Waals surface area (Å²) in [7, 11) is -3.56. The van der Waals surface area contributed by atoms with Crippen molar-refractivity contribution in [1.29, 1.82) is 0 Å². The van der Waals surface area contributed by atoms with E-state index in [-0.39, 0.29) is 23.1 Å². The largest absolute Gasteiger partial charge is 0.416 e. The number of benzene rings is 1. The van der Waals surface area contributed by atoms with E-state index in [0.717, 1.165) is 24.3 Å². The van der Waals surface area contributed by atoms with Crippen molar-refractivity contribution in [3.8, 4) is 0 Å². The molecule has 1 rings (SSSR count). The molecule has 0 bridgehead atoms. The first-order valence-electron chi connectivity index (χ1n) is 5.28. The molecule has 1 aromatic carbocycles. The first-order chi connectivity index (χ1) is 8.13. The quantitative estimate of drug-likeness (QED) is 0.920. The van der Waals surface area contributed by atoms with Crippen LogP contribution in [0.4, 0.5) is 13.2 Å². The Balaban J connectivity index is 2.91. The van der Waals surface area contributed by atoms with Crippen molar-refractivity contribution in [2.24, 2.45) is 5.73 Å². The van der Waals surface area contributed by atoms with E-state index < -0.39 is 21.6 Å². The lowest BCUT2D eigenvalue weighted by Crippen LogP contribution is -2.20. The highest BCUT2D eigenvalue weighted by atomic mass is 32.2. The molecule has 0 aliphatic carbocycles. The molecule has 0 amide bonds. The maximum atomic E-state index is 12.3. The van der Waals surface area contributed by atoms with E-state index in [1.807, 2.05) is 0 Å². The van der Waals surface area contributed by atoms with Crippen LogP contribution in [0.3, 0.4) is 0 Å². The fourth-order valence-corrected chi connectivity index (χ4v) is 2.78. The number of sulfone groups is 1. The maximum absolute atomic E-state index is 12.3. The number of alkyl halides is 3. The number of hydrogen-bond donors (Lipinski definition) is 1. The minimum Gasteiger partial charge on any atom is -0.328 e. The van der Waals surface area contributed by atoms with E-state index in [9.17, 15) is 21.6 Å². The molecule has 2 N–H and O–H groups in total. The minimum atomic E-state index is -4.46. The summed E-state index contributed by atoms with van der Waals surface area (Å²) < 4.78 is 60.4. The molecular formula is C11H14F3NO2S. The fraction of sp³-hybridized carbons (Fsp3) is 0.455. The Bertz CT molecular complexity index is 492. The van der Waals surface area contributed by atoms with Crippen LogP contribution in [-0.2, 0) is 16.0 Å². The lowest BCUT2D eigenvalue weighted by Gasteiger charge is -2.09. The average Bonchev–Trinajstić information content (AvgIpc) is 2.26. The summed E-state index contributed by atoms with van der Waals surface area (Å²) >= 11 is 0. The van der Waals surface area contributed by atoms with Gasteiger partial charge in [-0.25, -0.2) is 8.42 Å². The molecule has 0 fully saturated rings. The second-order valence-corrected chi connectivity index (χ2v) is 6.22. The summed E-state index contributed by atoms with van der Waals surface area (Å²) in [6, 6.07) is 3.20. The van der Waals surface area contributed by atoms with Crippen LogP contribution in [0.5, 0.6) is 0 Å². The van der Waals surface area contributed by atoms with Crippen molar-refractivity contribution in [3.05, 3.63) is 29.8 Å². The van der Waals surface area contributed by atoms with Crippen LogP contribution in [0.1, 0.15) is 18.9 Å². The molecule has 3 nitrogen and oxygen atoms in total. The third kappa shape index (κ3) is 3.99. The molecule has 0 heterocycles. The maximum Gasteiger partial charge on any atom is 0.416 e. The van der Waals surface area contributed by atoms with Gasteiger partial charge in [0.15, 0.2) is 9.84 Å². The van der Waals surface area contributed by atoms with Gasteiger partial charge in [-0.1, -0.05) is 0 Å². The van der Waals surface area contributed by atoms with Gasteiger partial charge < -0.3 is 5.73 Å². The molecule has 7 heteroatoms. The molecule has 1 aromatic rings. The smallest absolute Gasteiger partial charge is 0.328 e. The van der Waals surface area contributed by atoms with Crippen LogP contribution < -0.4 is 5.73 Å². The molecular weight excluding hydrogens is 267 g/mol. The average molecular weight is 281 g/mol. The van der Waals surface area contributed by atoms with Crippen LogP contribution in [0, 0.1) is 0 Å². The Hall–Kier alpha value is -1.08. The number of rotatable bonds is 4. The first-order valence-corrected chi connectivity index (χ1v) is 6.94. The van der Waals surface area contributed by atoms with Crippen LogP contribution >= 0.6 is 0 Å². The van der Waals surface area contributed by atoms with Gasteiger partial charge in [0.1, 0.15) is 0 Å². The van der Waals surface area contributed by atoms with Gasteiger partial charge in [-0.3, -0.25) is 0 Å². The van der Waals surface area contributed by atoms with E-state index in [2.05, 4.69) is 0 Å². The zero-order valence-electron chi connectivity index (χ0n) is 9.74. The SMILES string of the molecule is CC(N)CCS(=O)(=O)c1ccc(C(F)(F)F)cc1. The molecule has 1 atom stereocenters. The van der Waals surface area contributed by atoms with Crippen molar-refractivity contribution in [3.63, 3.8) is 0 Å². The fourth-order valence-electron chi connectivity index (χ4n) is 1.31. The summed E-state index contributed by atoms with van der Waals surface area (Å²) in [5.41, 5.74) is 4.58. The number of nitrogens with two attached hydrogens (primary N) is 1. The van der Waals surface area contributed by atoms with Crippen molar-refractivity contribution in [2.45, 2.75) is 30.5 Å². The van der Waals surface area contributed by atoms with Gasteiger partial charge in [-0.15, -0.1) is 0 Å². The van der Waals surface area contributed by atoms with Crippen LogP contribution in [-0.4, -0.2) is 20.2 Å². The van der Waals surface area contributed by atoms with Crippen molar-refractivity contribution < 1.29 is 21.6 Å². The molecule has 0 aliphatic heterocycles. The molecule has 102 valence electrons. The van der Waals surface area contributed by atoms with Crippen LogP contribution in [0.2, 0.25) is 0 Å². The highest BCUT2D eigenvalue weighted by Crippen LogP contribution is 2.29. The van der Waals surface area contributed by atoms with E-state index in [4.69, 9.17) is 5.73 Å². The molecule has 0 aliphatic rings. The monoisotopic (exact) mass is 281 g/mol. The van der Waals surface area contributed by atoms with Gasteiger partial charge in [0, 0.05) is 6.04 Å². The highest BCUT2D eigenvalue weighted by molar-refractivity contribution is 7.91. The van der Waals surface area contributed by atoms with Crippen LogP contribution in [0.15, 0.2) is 29.2 Å². The van der Waals surface area contributed by atoms with Crippen molar-refractivity contribution in [1.82, 2.24) is 0 Å². The minimum absolute atomic E-state index is 0.115. The van der Waals surface area contributed by atoms with Crippen LogP contribution in [0.25, 0.3) is 0 Å². The topological polar surface area (TPSA) is 60.2 Å².